The first-order valence-electron chi connectivity index (χ1n) is 4.46. The summed E-state index contributed by atoms with van der Waals surface area (Å²) in [4.78, 5) is 0. The van der Waals surface area contributed by atoms with Crippen LogP contribution in [-0.4, -0.2) is 26.7 Å². The summed E-state index contributed by atoms with van der Waals surface area (Å²) in [6.07, 6.45) is 6.58. The molecule has 0 unspecified atom stereocenters. The summed E-state index contributed by atoms with van der Waals surface area (Å²) in [5.41, 5.74) is 0. The lowest BCUT2D eigenvalue weighted by Crippen LogP contribution is -1.55. The molecule has 0 aromatic carbocycles. The maximum atomic E-state index is 4.25. The first-order chi connectivity index (χ1) is 5.66. The van der Waals surface area contributed by atoms with Crippen molar-refractivity contribution < 1.29 is 4.74 Å². The van der Waals surface area contributed by atoms with Gasteiger partial charge < -0.3 is 4.74 Å². The fraction of sp³-hybridized carbons (Fsp3) is 1.00. The number of methoxy groups -OCH3 is 1. The summed E-state index contributed by atoms with van der Waals surface area (Å²) in [6.45, 7) is 8.50. The molecule has 0 saturated carbocycles. The fourth-order valence-corrected chi connectivity index (χ4v) is 0. The van der Waals surface area contributed by atoms with Crippen molar-refractivity contribution in [2.75, 3.05) is 26.7 Å². The summed E-state index contributed by atoms with van der Waals surface area (Å²) < 4.78 is 4.25. The first-order valence-corrected chi connectivity index (χ1v) is 6.09. The molecule has 0 radical (unpaired) electrons. The summed E-state index contributed by atoms with van der Waals surface area (Å²) in [7, 11) is 3.25. The van der Waals surface area contributed by atoms with E-state index in [1.165, 1.54) is 12.8 Å². The molecule has 0 amide bonds. The van der Waals surface area contributed by atoms with Gasteiger partial charge in [-0.1, -0.05) is 77.7 Å². The van der Waals surface area contributed by atoms with E-state index in [0.717, 1.165) is 0 Å². The smallest absolute Gasteiger partial charge is 0.0351 e. The van der Waals surface area contributed by atoms with Crippen LogP contribution in [0, 0.1) is 0 Å². The van der Waals surface area contributed by atoms with Gasteiger partial charge in [0.15, 0.2) is 0 Å². The van der Waals surface area contributed by atoms with Crippen molar-refractivity contribution in [3.63, 3.8) is 0 Å². The Balaban J connectivity index is -0.00000000653. The fourth-order valence-electron chi connectivity index (χ4n) is 0. The van der Waals surface area contributed by atoms with E-state index < -0.39 is 0 Å². The predicted octanol–water partition coefficient (Wildman–Crippen LogP) is 7.25. The highest BCUT2D eigenvalue weighted by atomic mass is 32.2. The molecule has 0 aliphatic rings. The lowest BCUT2D eigenvalue weighted by molar-refractivity contribution is 0.277. The molecular formula is C15H48OS. The third-order valence-corrected chi connectivity index (χ3v) is 0. The van der Waals surface area contributed by atoms with Gasteiger partial charge in [0.05, 0.1) is 0 Å². The van der Waals surface area contributed by atoms with E-state index >= 15 is 0 Å². The van der Waals surface area contributed by atoms with Crippen LogP contribution in [0.4, 0.5) is 0 Å². The lowest BCUT2D eigenvalue weighted by atomic mass is 10.6. The van der Waals surface area contributed by atoms with E-state index in [1.807, 2.05) is 12.5 Å². The van der Waals surface area contributed by atoms with Gasteiger partial charge in [-0.2, -0.15) is 11.8 Å². The van der Waals surface area contributed by atoms with Crippen LogP contribution >= 0.6 is 11.8 Å². The van der Waals surface area contributed by atoms with Crippen molar-refractivity contribution in [1.82, 2.24) is 0 Å². The van der Waals surface area contributed by atoms with Gasteiger partial charge in [0.1, 0.15) is 0 Å². The summed E-state index contributed by atoms with van der Waals surface area (Å²) in [5, 5.41) is 0. The second-order valence-corrected chi connectivity index (χ2v) is 3.05. The van der Waals surface area contributed by atoms with E-state index in [2.05, 4.69) is 32.4 Å². The molecule has 0 aromatic rings. The van der Waals surface area contributed by atoms with E-state index in [-0.39, 0.29) is 37.1 Å². The number of thioether (sulfide) groups is 1. The zero-order valence-corrected chi connectivity index (χ0v) is 11.0. The van der Waals surface area contributed by atoms with Crippen molar-refractivity contribution >= 4 is 11.8 Å². The Bertz CT molecular complexity index is 18.9. The molecule has 120 valence electrons. The summed E-state index contributed by atoms with van der Waals surface area (Å²) in [5.74, 6) is 0. The van der Waals surface area contributed by atoms with Crippen LogP contribution in [0.25, 0.3) is 0 Å². The number of hydrogen-bond acceptors (Lipinski definition) is 2. The molecule has 1 nitrogen and oxygen atoms in total. The minimum atomic E-state index is 0. The normalized spacial score (nSPS) is 4.24. The molecule has 0 atom stereocenters. The molecule has 0 aliphatic heterocycles. The van der Waals surface area contributed by atoms with Crippen LogP contribution in [0.15, 0.2) is 0 Å². The van der Waals surface area contributed by atoms with Crippen LogP contribution in [0.1, 0.15) is 77.7 Å². The van der Waals surface area contributed by atoms with Crippen molar-refractivity contribution in [3.05, 3.63) is 0 Å². The molecule has 0 aromatic heterocycles. The molecule has 0 aliphatic carbocycles. The molecule has 0 fully saturated rings. The van der Waals surface area contributed by atoms with Crippen LogP contribution in [0.5, 0.6) is 0 Å². The van der Waals surface area contributed by atoms with Gasteiger partial charge in [-0.3, -0.25) is 0 Å². The van der Waals surface area contributed by atoms with Gasteiger partial charge in [-0.25, -0.2) is 0 Å². The van der Waals surface area contributed by atoms with Gasteiger partial charge in [0.25, 0.3) is 0 Å². The van der Waals surface area contributed by atoms with E-state index in [4.69, 9.17) is 0 Å². The topological polar surface area (TPSA) is 9.23 Å². The van der Waals surface area contributed by atoms with E-state index in [9.17, 15) is 0 Å². The highest BCUT2D eigenvalue weighted by molar-refractivity contribution is 7.97. The van der Waals surface area contributed by atoms with Gasteiger partial charge >= 0.3 is 0 Å². The van der Waals surface area contributed by atoms with Crippen molar-refractivity contribution in [1.29, 1.82) is 0 Å². The molecular weight excluding hydrogens is 228 g/mol. The van der Waals surface area contributed by atoms with Crippen LogP contribution in [0.2, 0.25) is 0 Å². The average molecular weight is 277 g/mol. The Labute approximate surface area is 121 Å². The maximum absolute atomic E-state index is 4.25. The van der Waals surface area contributed by atoms with Crippen molar-refractivity contribution in [2.24, 2.45) is 0 Å². The van der Waals surface area contributed by atoms with E-state index in [1.54, 1.807) is 26.0 Å². The average Bonchev–Trinajstić information content (AvgIpc) is 1.92. The minimum Gasteiger partial charge on any atom is -0.388 e. The van der Waals surface area contributed by atoms with Gasteiger partial charge in [-0.05, 0) is 12.5 Å². The zero-order valence-electron chi connectivity index (χ0n) is 10.2. The minimum absolute atomic E-state index is 0. The van der Waals surface area contributed by atoms with Gasteiger partial charge in [0, 0.05) is 14.2 Å². The van der Waals surface area contributed by atoms with Crippen LogP contribution in [0.3, 0.4) is 0 Å². The molecule has 0 rings (SSSR count). The van der Waals surface area contributed by atoms with Crippen LogP contribution < -0.4 is 0 Å². The third kappa shape index (κ3) is 34800. The summed E-state index contributed by atoms with van der Waals surface area (Å²) in [6, 6.07) is 0. The zero-order chi connectivity index (χ0) is 10.8. The molecule has 0 bridgehead atoms. The third-order valence-electron chi connectivity index (χ3n) is 0. The Morgan fingerprint density at radius 2 is 0.647 bits per heavy atom. The predicted molar refractivity (Wildman–Crippen MR) is 98.0 cm³/mol. The highest BCUT2D eigenvalue weighted by Crippen LogP contribution is 1.70. The molecule has 0 heterocycles. The van der Waals surface area contributed by atoms with Gasteiger partial charge in [-0.15, -0.1) is 0 Å². The molecule has 2 heteroatoms. The van der Waals surface area contributed by atoms with Gasteiger partial charge in [0.2, 0.25) is 0 Å². The number of rotatable bonds is 0. The summed E-state index contributed by atoms with van der Waals surface area (Å²) >= 11 is 1.75. The quantitative estimate of drug-likeness (QED) is 0.460. The maximum Gasteiger partial charge on any atom is 0.0351 e. The molecule has 0 saturated heterocycles. The first kappa shape index (κ1) is 66.7. The van der Waals surface area contributed by atoms with Crippen LogP contribution in [-0.2, 0) is 4.74 Å². The monoisotopic (exact) mass is 276 g/mol. The SMILES string of the molecule is C.C.C.C.C.CCC.CCC.COC.CSC. The van der Waals surface area contributed by atoms with Crippen molar-refractivity contribution in [3.8, 4) is 0 Å². The Hall–Kier alpha value is 0.310. The Morgan fingerprint density at radius 1 is 0.647 bits per heavy atom. The standard InChI is InChI=1S/2C3H8.C2H6O.C2H6S.5CH4/c4*1-3-2;;;;;/h2*3H2,1-2H3;2*1-2H3;5*1H4. The lowest BCUT2D eigenvalue weighted by Gasteiger charge is -1.61. The largest absolute Gasteiger partial charge is 0.388 e. The Morgan fingerprint density at radius 3 is 0.647 bits per heavy atom. The molecule has 17 heavy (non-hydrogen) atoms. The molecule has 0 spiro atoms. The number of ether oxygens (including phenoxy) is 1. The second-order valence-electron chi connectivity index (χ2n) is 2.23. The number of hydrogen-bond donors (Lipinski definition) is 0. The second kappa shape index (κ2) is 206. The Kier molecular flexibility index (Phi) is 807. The van der Waals surface area contributed by atoms with E-state index in [0.29, 0.717) is 0 Å². The molecule has 0 N–H and O–H groups in total. The highest BCUT2D eigenvalue weighted by Gasteiger charge is 1.36. The van der Waals surface area contributed by atoms with Crippen molar-refractivity contribution in [2.45, 2.75) is 77.7 Å².